The lowest BCUT2D eigenvalue weighted by Crippen LogP contribution is -2.20. The van der Waals surface area contributed by atoms with E-state index in [1.54, 1.807) is 18.2 Å². The van der Waals surface area contributed by atoms with Crippen LogP contribution in [0.15, 0.2) is 74.5 Å². The van der Waals surface area contributed by atoms with Crippen LogP contribution in [0.5, 0.6) is 0 Å². The highest BCUT2D eigenvalue weighted by Gasteiger charge is 2.22. The molecule has 1 heterocycles. The molecule has 2 N–H and O–H groups in total. The Kier molecular flexibility index (Phi) is 6.68. The maximum Gasteiger partial charge on any atom is 0.270 e. The van der Waals surface area contributed by atoms with Crippen LogP contribution in [-0.2, 0) is 21.1 Å². The molecule has 0 saturated carbocycles. The number of hydrogen-bond donors (Lipinski definition) is 2. The van der Waals surface area contributed by atoms with Gasteiger partial charge in [-0.15, -0.1) is 0 Å². The van der Waals surface area contributed by atoms with Crippen molar-refractivity contribution in [3.05, 3.63) is 76.5 Å². The number of carbonyl (C=O) groups is 1. The van der Waals surface area contributed by atoms with E-state index in [1.807, 2.05) is 6.92 Å². The molecule has 3 aromatic rings. The van der Waals surface area contributed by atoms with E-state index in [1.165, 1.54) is 30.3 Å². The second kappa shape index (κ2) is 9.23. The monoisotopic (exact) mass is 447 g/mol. The lowest BCUT2D eigenvalue weighted by atomic mass is 10.2. The van der Waals surface area contributed by atoms with E-state index in [-0.39, 0.29) is 15.8 Å². The Hall–Kier alpha value is -2.98. The lowest BCUT2D eigenvalue weighted by molar-refractivity contribution is -0.113. The van der Waals surface area contributed by atoms with Crippen molar-refractivity contribution >= 4 is 33.2 Å². The molecule has 3 rings (SSSR count). The molecule has 0 atom stereocenters. The van der Waals surface area contributed by atoms with Gasteiger partial charge in [-0.2, -0.15) is 0 Å². The Balaban J connectivity index is 1.70. The van der Waals surface area contributed by atoms with E-state index in [0.29, 0.717) is 5.69 Å². The third-order valence-corrected chi connectivity index (χ3v) is 6.77. The van der Waals surface area contributed by atoms with Crippen LogP contribution in [0.2, 0.25) is 0 Å². The first-order valence-corrected chi connectivity index (χ1v) is 11.4. The van der Waals surface area contributed by atoms with Gasteiger partial charge >= 0.3 is 0 Å². The Bertz CT molecular complexity index is 1230. The zero-order valence-electron chi connectivity index (χ0n) is 15.9. The van der Waals surface area contributed by atoms with Crippen LogP contribution < -0.4 is 10.9 Å². The number of sulfone groups is 1. The smallest absolute Gasteiger partial charge is 0.270 e. The molecule has 30 heavy (non-hydrogen) atoms. The molecule has 7 nitrogen and oxygen atoms in total. The van der Waals surface area contributed by atoms with Crippen molar-refractivity contribution < 1.29 is 17.6 Å². The number of aromatic amines is 1. The summed E-state index contributed by atoms with van der Waals surface area (Å²) in [6.45, 7) is 1.95. The highest BCUT2D eigenvalue weighted by Crippen LogP contribution is 2.19. The quantitative estimate of drug-likeness (QED) is 0.426. The summed E-state index contributed by atoms with van der Waals surface area (Å²) in [5.41, 5.74) is 0.458. The van der Waals surface area contributed by atoms with Gasteiger partial charge in [0.2, 0.25) is 15.7 Å². The summed E-state index contributed by atoms with van der Waals surface area (Å²) in [7, 11) is -4.02. The molecule has 1 aromatic heterocycles. The summed E-state index contributed by atoms with van der Waals surface area (Å²) in [5, 5.41) is 2.61. The Morgan fingerprint density at radius 3 is 2.57 bits per heavy atom. The van der Waals surface area contributed by atoms with Gasteiger partial charge in [-0.1, -0.05) is 36.9 Å². The molecule has 1 amide bonds. The van der Waals surface area contributed by atoms with Crippen LogP contribution >= 0.6 is 11.8 Å². The summed E-state index contributed by atoms with van der Waals surface area (Å²) in [6.07, 6.45) is 1.75. The van der Waals surface area contributed by atoms with E-state index in [4.69, 9.17) is 0 Å². The molecule has 0 aliphatic heterocycles. The summed E-state index contributed by atoms with van der Waals surface area (Å²) in [6, 6.07) is 11.7. The van der Waals surface area contributed by atoms with Crippen molar-refractivity contribution in [1.29, 1.82) is 0 Å². The second-order valence-electron chi connectivity index (χ2n) is 6.23. The largest absolute Gasteiger partial charge is 0.325 e. The minimum absolute atomic E-state index is 0.00174. The van der Waals surface area contributed by atoms with Gasteiger partial charge in [-0.25, -0.2) is 17.8 Å². The fourth-order valence-electron chi connectivity index (χ4n) is 2.56. The first kappa shape index (κ1) is 21.7. The molecule has 2 aromatic carbocycles. The van der Waals surface area contributed by atoms with E-state index in [2.05, 4.69) is 15.3 Å². The van der Waals surface area contributed by atoms with Crippen molar-refractivity contribution in [2.45, 2.75) is 28.3 Å². The van der Waals surface area contributed by atoms with Gasteiger partial charge in [0.15, 0.2) is 10.1 Å². The number of benzene rings is 2. The minimum atomic E-state index is -4.02. The first-order valence-electron chi connectivity index (χ1n) is 8.91. The Morgan fingerprint density at radius 1 is 1.20 bits per heavy atom. The van der Waals surface area contributed by atoms with E-state index in [9.17, 15) is 22.4 Å². The SMILES string of the molecule is CCc1ccc(S(=O)(=O)c2cnc(SCC(=O)Nc3cccc(F)c3)[nH]c2=O)cc1. The molecule has 0 unspecified atom stereocenters. The van der Waals surface area contributed by atoms with Gasteiger partial charge in [0.25, 0.3) is 5.56 Å². The third-order valence-electron chi connectivity index (χ3n) is 4.12. The maximum absolute atomic E-state index is 13.2. The van der Waals surface area contributed by atoms with Gasteiger partial charge in [0, 0.05) is 5.69 Å². The molecule has 0 aliphatic rings. The number of H-pyrrole nitrogens is 1. The van der Waals surface area contributed by atoms with Crippen LogP contribution in [0, 0.1) is 5.82 Å². The minimum Gasteiger partial charge on any atom is -0.325 e. The number of anilines is 1. The number of amides is 1. The van der Waals surface area contributed by atoms with Crippen LogP contribution in [0.1, 0.15) is 12.5 Å². The van der Waals surface area contributed by atoms with Crippen molar-refractivity contribution in [1.82, 2.24) is 9.97 Å². The predicted octanol–water partition coefficient (Wildman–Crippen LogP) is 3.04. The molecule has 0 saturated heterocycles. The molecule has 0 spiro atoms. The van der Waals surface area contributed by atoms with E-state index < -0.39 is 32.0 Å². The summed E-state index contributed by atoms with van der Waals surface area (Å²) >= 11 is 0.919. The summed E-state index contributed by atoms with van der Waals surface area (Å²) < 4.78 is 38.6. The molecular weight excluding hydrogens is 429 g/mol. The summed E-state index contributed by atoms with van der Waals surface area (Å²) in [5.74, 6) is -1.02. The molecule has 0 aliphatic carbocycles. The number of aryl methyl sites for hydroxylation is 1. The molecule has 10 heteroatoms. The van der Waals surface area contributed by atoms with Crippen LogP contribution in [0.25, 0.3) is 0 Å². The van der Waals surface area contributed by atoms with E-state index >= 15 is 0 Å². The fraction of sp³-hybridized carbons (Fsp3) is 0.150. The zero-order chi connectivity index (χ0) is 21.7. The first-order chi connectivity index (χ1) is 14.3. The van der Waals surface area contributed by atoms with Gasteiger partial charge < -0.3 is 10.3 Å². The number of rotatable bonds is 7. The van der Waals surface area contributed by atoms with E-state index in [0.717, 1.165) is 29.9 Å². The molecule has 0 fully saturated rings. The number of nitrogens with one attached hydrogen (secondary N) is 2. The average Bonchev–Trinajstić information content (AvgIpc) is 2.72. The normalized spacial score (nSPS) is 11.3. The number of aromatic nitrogens is 2. The molecular formula is C20H18FN3O4S2. The van der Waals surface area contributed by atoms with Crippen LogP contribution in [0.3, 0.4) is 0 Å². The van der Waals surface area contributed by atoms with Crippen LogP contribution in [0.4, 0.5) is 10.1 Å². The van der Waals surface area contributed by atoms with Crippen molar-refractivity contribution in [2.75, 3.05) is 11.1 Å². The average molecular weight is 448 g/mol. The molecule has 156 valence electrons. The number of nitrogens with zero attached hydrogens (tertiary/aromatic N) is 1. The van der Waals surface area contributed by atoms with Gasteiger partial charge in [-0.3, -0.25) is 9.59 Å². The van der Waals surface area contributed by atoms with Crippen molar-refractivity contribution in [2.24, 2.45) is 0 Å². The lowest BCUT2D eigenvalue weighted by Gasteiger charge is -2.07. The van der Waals surface area contributed by atoms with Gasteiger partial charge in [-0.05, 0) is 42.3 Å². The summed E-state index contributed by atoms with van der Waals surface area (Å²) in [4.78, 5) is 30.2. The Morgan fingerprint density at radius 2 is 1.93 bits per heavy atom. The van der Waals surface area contributed by atoms with Crippen LogP contribution in [-0.4, -0.2) is 30.0 Å². The Labute approximate surface area is 176 Å². The molecule has 0 bridgehead atoms. The van der Waals surface area contributed by atoms with Crippen molar-refractivity contribution in [3.63, 3.8) is 0 Å². The molecule has 0 radical (unpaired) electrons. The van der Waals surface area contributed by atoms with Crippen molar-refractivity contribution in [3.8, 4) is 0 Å². The maximum atomic E-state index is 13.2. The van der Waals surface area contributed by atoms with Gasteiger partial charge in [0.05, 0.1) is 16.8 Å². The number of halogens is 1. The highest BCUT2D eigenvalue weighted by molar-refractivity contribution is 7.99. The number of carbonyl (C=O) groups excluding carboxylic acids is 1. The van der Waals surface area contributed by atoms with Gasteiger partial charge in [0.1, 0.15) is 5.82 Å². The highest BCUT2D eigenvalue weighted by atomic mass is 32.2. The number of thioether (sulfide) groups is 1. The zero-order valence-corrected chi connectivity index (χ0v) is 17.5. The number of hydrogen-bond acceptors (Lipinski definition) is 6. The predicted molar refractivity (Wildman–Crippen MR) is 112 cm³/mol. The topological polar surface area (TPSA) is 109 Å². The second-order valence-corrected chi connectivity index (χ2v) is 9.11. The third kappa shape index (κ3) is 5.14. The fourth-order valence-corrected chi connectivity index (χ4v) is 4.43. The standard InChI is InChI=1S/C20H18FN3O4S2/c1-2-13-6-8-16(9-7-13)30(27,28)17-11-22-20(24-19(17)26)29-12-18(25)23-15-5-3-4-14(21)10-15/h3-11H,2,12H2,1H3,(H,23,25)(H,22,24,26).